The quantitative estimate of drug-likeness (QED) is 0.745. The van der Waals surface area contributed by atoms with E-state index in [0.717, 1.165) is 10.9 Å². The molecule has 4 nitrogen and oxygen atoms in total. The fraction of sp³-hybridized carbons (Fsp3) is 0.105. The van der Waals surface area contributed by atoms with Gasteiger partial charge in [-0.05, 0) is 24.3 Å². The number of hydrogen-bond donors (Lipinski definition) is 1. The van der Waals surface area contributed by atoms with Crippen LogP contribution in [-0.2, 0) is 0 Å². The molecule has 1 aromatic carbocycles. The summed E-state index contributed by atoms with van der Waals surface area (Å²) in [5.74, 6) is -1.02. The van der Waals surface area contributed by atoms with Crippen molar-refractivity contribution in [3.05, 3.63) is 72.6 Å². The van der Waals surface area contributed by atoms with Crippen molar-refractivity contribution in [2.75, 3.05) is 0 Å². The van der Waals surface area contributed by atoms with Crippen LogP contribution in [0.1, 0.15) is 10.5 Å². The summed E-state index contributed by atoms with van der Waals surface area (Å²) in [7, 11) is -1.91. The van der Waals surface area contributed by atoms with Gasteiger partial charge in [-0.3, -0.25) is 4.98 Å². The zero-order valence-corrected chi connectivity index (χ0v) is 14.6. The number of carbonyl (C=O) groups is 1. The third-order valence-electron chi connectivity index (χ3n) is 4.15. The van der Waals surface area contributed by atoms with Gasteiger partial charge in [-0.25, -0.2) is 9.78 Å². The van der Waals surface area contributed by atoms with Crippen LogP contribution in [0.4, 0.5) is 0 Å². The average Bonchev–Trinajstić information content (AvgIpc) is 2.62. The van der Waals surface area contributed by atoms with Gasteiger partial charge in [0.2, 0.25) is 0 Å². The number of pyridine rings is 2. The van der Waals surface area contributed by atoms with Gasteiger partial charge in [0.05, 0.1) is 5.69 Å². The first-order valence-corrected chi connectivity index (χ1v) is 10.7. The molecule has 5 heteroatoms. The Morgan fingerprint density at radius 1 is 1.00 bits per heavy atom. The fourth-order valence-corrected chi connectivity index (χ4v) is 4.90. The van der Waals surface area contributed by atoms with E-state index in [1.54, 1.807) is 6.07 Å². The first kappa shape index (κ1) is 16.1. The zero-order valence-electron chi connectivity index (χ0n) is 13.6. The Bertz CT molecular complexity index is 879. The molecule has 2 heterocycles. The highest BCUT2D eigenvalue weighted by Gasteiger charge is 2.27. The number of benzene rings is 1. The minimum absolute atomic E-state index is 0.0548. The van der Waals surface area contributed by atoms with Crippen LogP contribution >= 0.6 is 0 Å². The molecule has 120 valence electrons. The second-order valence-electron chi connectivity index (χ2n) is 6.13. The van der Waals surface area contributed by atoms with Gasteiger partial charge >= 0.3 is 5.97 Å². The van der Waals surface area contributed by atoms with Gasteiger partial charge in [0.1, 0.15) is 13.8 Å². The summed E-state index contributed by atoms with van der Waals surface area (Å²) in [5, 5.41) is 11.5. The fourth-order valence-electron chi connectivity index (χ4n) is 2.66. The summed E-state index contributed by atoms with van der Waals surface area (Å²) < 4.78 is 0. The SMILES string of the molecule is C[Si](C)(c1cccc(-c2cccc(C(=O)O)n2)c1)c1ccccn1. The largest absolute Gasteiger partial charge is 0.477 e. The number of aromatic carboxylic acids is 1. The van der Waals surface area contributed by atoms with E-state index < -0.39 is 14.0 Å². The Labute approximate surface area is 141 Å². The second-order valence-corrected chi connectivity index (χ2v) is 10.5. The molecule has 3 rings (SSSR count). The number of carboxylic acid groups (broad SMARTS) is 1. The Hall–Kier alpha value is -2.79. The van der Waals surface area contributed by atoms with E-state index in [-0.39, 0.29) is 5.69 Å². The molecule has 0 saturated heterocycles. The summed E-state index contributed by atoms with van der Waals surface area (Å²) in [6.45, 7) is 4.52. The molecular formula is C19H18N2O2Si. The minimum atomic E-state index is -1.91. The smallest absolute Gasteiger partial charge is 0.354 e. The molecule has 0 aliphatic carbocycles. The molecule has 3 aromatic rings. The van der Waals surface area contributed by atoms with Crippen LogP contribution in [0.3, 0.4) is 0 Å². The number of rotatable bonds is 4. The first-order valence-electron chi connectivity index (χ1n) is 7.71. The third-order valence-corrected chi connectivity index (χ3v) is 7.48. The highest BCUT2D eigenvalue weighted by atomic mass is 28.3. The monoisotopic (exact) mass is 334 g/mol. The number of hydrogen-bond acceptors (Lipinski definition) is 3. The maximum Gasteiger partial charge on any atom is 0.354 e. The lowest BCUT2D eigenvalue weighted by Gasteiger charge is -2.22. The molecule has 0 aliphatic heterocycles. The molecular weight excluding hydrogens is 316 g/mol. The van der Waals surface area contributed by atoms with Crippen LogP contribution in [-0.4, -0.2) is 29.1 Å². The maximum atomic E-state index is 11.1. The lowest BCUT2D eigenvalue weighted by atomic mass is 10.1. The van der Waals surface area contributed by atoms with E-state index in [9.17, 15) is 4.79 Å². The summed E-state index contributed by atoms with van der Waals surface area (Å²) in [6, 6.07) is 19.2. The lowest BCUT2D eigenvalue weighted by Crippen LogP contribution is -2.54. The van der Waals surface area contributed by atoms with E-state index in [1.165, 1.54) is 11.3 Å². The van der Waals surface area contributed by atoms with E-state index in [4.69, 9.17) is 5.11 Å². The first-order chi connectivity index (χ1) is 11.5. The van der Waals surface area contributed by atoms with Crippen LogP contribution in [0.2, 0.25) is 13.1 Å². The molecule has 0 radical (unpaired) electrons. The van der Waals surface area contributed by atoms with Crippen molar-refractivity contribution in [3.8, 4) is 11.3 Å². The van der Waals surface area contributed by atoms with Gasteiger partial charge in [-0.15, -0.1) is 0 Å². The maximum absolute atomic E-state index is 11.1. The zero-order chi connectivity index (χ0) is 17.2. The van der Waals surface area contributed by atoms with Crippen LogP contribution in [0.5, 0.6) is 0 Å². The molecule has 0 atom stereocenters. The van der Waals surface area contributed by atoms with Gasteiger partial charge in [0.15, 0.2) is 0 Å². The molecule has 1 N–H and O–H groups in total. The van der Waals surface area contributed by atoms with Crippen molar-refractivity contribution in [1.29, 1.82) is 0 Å². The minimum Gasteiger partial charge on any atom is -0.477 e. The molecule has 0 aliphatic rings. The highest BCUT2D eigenvalue weighted by molar-refractivity contribution is 6.99. The normalized spacial score (nSPS) is 11.2. The second kappa shape index (κ2) is 6.37. The van der Waals surface area contributed by atoms with Gasteiger partial charge < -0.3 is 5.11 Å². The molecule has 0 unspecified atom stereocenters. The Kier molecular flexibility index (Phi) is 4.27. The predicted molar refractivity (Wildman–Crippen MR) is 97.6 cm³/mol. The Morgan fingerprint density at radius 2 is 1.79 bits per heavy atom. The van der Waals surface area contributed by atoms with E-state index >= 15 is 0 Å². The molecule has 0 fully saturated rings. The van der Waals surface area contributed by atoms with Crippen molar-refractivity contribution in [3.63, 3.8) is 0 Å². The molecule has 0 saturated carbocycles. The molecule has 0 bridgehead atoms. The Morgan fingerprint density at radius 3 is 2.50 bits per heavy atom. The van der Waals surface area contributed by atoms with Gasteiger partial charge in [0.25, 0.3) is 0 Å². The molecule has 0 amide bonds. The van der Waals surface area contributed by atoms with Crippen molar-refractivity contribution < 1.29 is 9.90 Å². The van der Waals surface area contributed by atoms with Crippen LogP contribution in [0.15, 0.2) is 66.9 Å². The van der Waals surface area contributed by atoms with E-state index in [1.807, 2.05) is 36.5 Å². The summed E-state index contributed by atoms with van der Waals surface area (Å²) in [4.78, 5) is 19.9. The van der Waals surface area contributed by atoms with Gasteiger partial charge in [-0.2, -0.15) is 0 Å². The standard InChI is InChI=1S/C19H18N2O2Si/c1-24(2,18-11-3-4-12-20-18)15-8-5-7-14(13-15)16-9-6-10-17(21-16)19(22)23/h3-13H,1-2H3,(H,22,23). The summed E-state index contributed by atoms with van der Waals surface area (Å²) >= 11 is 0. The molecule has 24 heavy (non-hydrogen) atoms. The third kappa shape index (κ3) is 3.12. The number of carboxylic acids is 1. The van der Waals surface area contributed by atoms with Crippen molar-refractivity contribution in [1.82, 2.24) is 9.97 Å². The van der Waals surface area contributed by atoms with Crippen molar-refractivity contribution in [2.45, 2.75) is 13.1 Å². The Balaban J connectivity index is 2.04. The van der Waals surface area contributed by atoms with Gasteiger partial charge in [-0.1, -0.05) is 54.7 Å². The summed E-state index contributed by atoms with van der Waals surface area (Å²) in [5.41, 5.74) is 1.65. The molecule has 2 aromatic heterocycles. The van der Waals surface area contributed by atoms with Crippen LogP contribution in [0.25, 0.3) is 11.3 Å². The van der Waals surface area contributed by atoms with Crippen LogP contribution < -0.4 is 10.5 Å². The predicted octanol–water partition coefficient (Wildman–Crippen LogP) is 2.66. The van der Waals surface area contributed by atoms with Crippen LogP contribution in [0, 0.1) is 0 Å². The molecule has 0 spiro atoms. The average molecular weight is 334 g/mol. The number of aromatic nitrogens is 2. The van der Waals surface area contributed by atoms with E-state index in [0.29, 0.717) is 5.69 Å². The number of nitrogens with zero attached hydrogens (tertiary/aromatic N) is 2. The van der Waals surface area contributed by atoms with E-state index in [2.05, 4.69) is 41.3 Å². The summed E-state index contributed by atoms with van der Waals surface area (Å²) in [6.07, 6.45) is 1.83. The highest BCUT2D eigenvalue weighted by Crippen LogP contribution is 2.17. The van der Waals surface area contributed by atoms with Crippen molar-refractivity contribution >= 4 is 24.5 Å². The van der Waals surface area contributed by atoms with Gasteiger partial charge in [0, 0.05) is 17.1 Å². The van der Waals surface area contributed by atoms with Crippen molar-refractivity contribution in [2.24, 2.45) is 0 Å². The topological polar surface area (TPSA) is 63.1 Å². The lowest BCUT2D eigenvalue weighted by molar-refractivity contribution is 0.0690.